The van der Waals surface area contributed by atoms with Gasteiger partial charge in [-0.05, 0) is 20.8 Å². The Bertz CT molecular complexity index is 852. The fraction of sp³-hybridized carbons (Fsp3) is 0.684. The highest BCUT2D eigenvalue weighted by Crippen LogP contribution is 2.45. The van der Waals surface area contributed by atoms with Gasteiger partial charge in [-0.15, -0.1) is 0 Å². The van der Waals surface area contributed by atoms with E-state index in [9.17, 15) is 24.0 Å². The molecule has 2 aliphatic rings. The summed E-state index contributed by atoms with van der Waals surface area (Å²) in [4.78, 5) is 16.9. The molecule has 0 radical (unpaired) electrons. The minimum absolute atomic E-state index is 0.0372. The third-order valence-electron chi connectivity index (χ3n) is 5.25. The molecule has 182 valence electrons. The summed E-state index contributed by atoms with van der Waals surface area (Å²) in [5.41, 5.74) is 4.19. The molecule has 0 bridgehead atoms. The van der Waals surface area contributed by atoms with Gasteiger partial charge in [-0.1, -0.05) is 13.5 Å². The molecule has 1 saturated heterocycles. The Morgan fingerprint density at radius 3 is 2.72 bits per heavy atom. The average Bonchev–Trinajstić information content (AvgIpc) is 2.93. The van der Waals surface area contributed by atoms with Gasteiger partial charge >= 0.3 is 5.97 Å². The Labute approximate surface area is 186 Å². The number of nitrogens with zero attached hydrogens (tertiary/aromatic N) is 2. The number of aliphatic imine (C=N–C) groups is 1. The quantitative estimate of drug-likeness (QED) is 0.276. The van der Waals surface area contributed by atoms with E-state index in [4.69, 9.17) is 19.7 Å². The van der Waals surface area contributed by atoms with Gasteiger partial charge < -0.3 is 34.8 Å². The van der Waals surface area contributed by atoms with Crippen molar-refractivity contribution in [1.29, 1.82) is 0 Å². The van der Waals surface area contributed by atoms with Crippen LogP contribution in [0.4, 0.5) is 4.39 Å². The summed E-state index contributed by atoms with van der Waals surface area (Å²) in [5.74, 6) is -1.74. The van der Waals surface area contributed by atoms with Gasteiger partial charge in [0, 0.05) is 18.3 Å². The van der Waals surface area contributed by atoms with Crippen LogP contribution in [-0.2, 0) is 23.4 Å². The van der Waals surface area contributed by atoms with E-state index in [1.54, 1.807) is 20.8 Å². The molecule has 0 spiro atoms. The number of ether oxygens (including phenoxy) is 2. The summed E-state index contributed by atoms with van der Waals surface area (Å²) in [7, 11) is -3.50. The molecule has 0 aliphatic carbocycles. The highest BCUT2D eigenvalue weighted by molar-refractivity contribution is 7.56. The van der Waals surface area contributed by atoms with Crippen molar-refractivity contribution in [3.05, 3.63) is 24.4 Å². The highest BCUT2D eigenvalue weighted by Gasteiger charge is 2.55. The van der Waals surface area contributed by atoms with Gasteiger partial charge in [0.05, 0.1) is 25.4 Å². The van der Waals surface area contributed by atoms with Gasteiger partial charge in [0.25, 0.3) is 7.52 Å². The molecule has 13 heteroatoms. The first kappa shape index (κ1) is 26.4. The lowest BCUT2D eigenvalue weighted by Crippen LogP contribution is -2.46. The molecule has 2 rings (SSSR count). The second kappa shape index (κ2) is 9.98. The lowest BCUT2D eigenvalue weighted by atomic mass is 9.81. The van der Waals surface area contributed by atoms with Gasteiger partial charge in [-0.3, -0.25) is 9.36 Å². The molecule has 1 fully saturated rings. The molecule has 2 unspecified atom stereocenters. The van der Waals surface area contributed by atoms with Crippen LogP contribution in [0.5, 0.6) is 0 Å². The van der Waals surface area contributed by atoms with Crippen molar-refractivity contribution in [3.63, 3.8) is 0 Å². The van der Waals surface area contributed by atoms with Crippen LogP contribution in [0.1, 0.15) is 27.7 Å². The van der Waals surface area contributed by atoms with Crippen LogP contribution >= 0.6 is 7.52 Å². The van der Waals surface area contributed by atoms with Gasteiger partial charge in [-0.25, -0.2) is 14.5 Å². The van der Waals surface area contributed by atoms with Crippen molar-refractivity contribution in [3.8, 4) is 0 Å². The van der Waals surface area contributed by atoms with Gasteiger partial charge in [0.2, 0.25) is 0 Å². The number of carbonyl (C=O) groups excluding carboxylic acids is 1. The first-order valence-corrected chi connectivity index (χ1v) is 12.1. The molecule has 0 aromatic heterocycles. The average molecular weight is 478 g/mol. The van der Waals surface area contributed by atoms with Crippen molar-refractivity contribution in [1.82, 2.24) is 9.99 Å². The van der Waals surface area contributed by atoms with Crippen molar-refractivity contribution < 1.29 is 38.0 Å². The minimum atomic E-state index is -3.50. The van der Waals surface area contributed by atoms with Crippen LogP contribution in [0.3, 0.4) is 0 Å². The van der Waals surface area contributed by atoms with E-state index in [0.29, 0.717) is 0 Å². The maximum Gasteiger partial charge on any atom is 0.323 e. The highest BCUT2D eigenvalue weighted by atomic mass is 31.2. The molecule has 5 N–H and O–H groups in total. The first-order chi connectivity index (χ1) is 14.7. The van der Waals surface area contributed by atoms with Crippen LogP contribution in [0.25, 0.3) is 0 Å². The number of esters is 1. The molecule has 0 aromatic carbocycles. The number of halogens is 1. The Hall–Kier alpha value is -1.82. The summed E-state index contributed by atoms with van der Waals surface area (Å²) < 4.78 is 43.2. The van der Waals surface area contributed by atoms with Crippen molar-refractivity contribution in [2.24, 2.45) is 16.1 Å². The summed E-state index contributed by atoms with van der Waals surface area (Å²) in [6.07, 6.45) is -2.73. The number of hydrogen-bond acceptors (Lipinski definition) is 10. The van der Waals surface area contributed by atoms with E-state index in [1.807, 2.05) is 0 Å². The third-order valence-corrected chi connectivity index (χ3v) is 6.75. The van der Waals surface area contributed by atoms with Gasteiger partial charge in [0.15, 0.2) is 17.9 Å². The van der Waals surface area contributed by atoms with E-state index < -0.39 is 55.8 Å². The third kappa shape index (κ3) is 5.75. The summed E-state index contributed by atoms with van der Waals surface area (Å²) in [6, 6.07) is -0.895. The first-order valence-electron chi connectivity index (χ1n) is 10.1. The Morgan fingerprint density at radius 2 is 2.16 bits per heavy atom. The fourth-order valence-corrected chi connectivity index (χ4v) is 4.58. The van der Waals surface area contributed by atoms with Crippen molar-refractivity contribution >= 4 is 19.3 Å². The summed E-state index contributed by atoms with van der Waals surface area (Å²) >= 11 is 0. The molecule has 0 saturated carbocycles. The minimum Gasteiger partial charge on any atom is -0.462 e. The summed E-state index contributed by atoms with van der Waals surface area (Å²) in [5, 5.41) is 23.4. The lowest BCUT2D eigenvalue weighted by molar-refractivity contribution is -0.149. The normalized spacial score (nSPS) is 31.2. The van der Waals surface area contributed by atoms with Crippen LogP contribution < -0.4 is 10.8 Å². The van der Waals surface area contributed by atoms with E-state index in [2.05, 4.69) is 16.7 Å². The fourth-order valence-electron chi connectivity index (χ4n) is 3.28. The molecule has 0 aromatic rings. The Balaban J connectivity index is 2.10. The summed E-state index contributed by atoms with van der Waals surface area (Å²) in [6.45, 7) is 10.6. The van der Waals surface area contributed by atoms with E-state index in [1.165, 1.54) is 13.6 Å². The Morgan fingerprint density at radius 1 is 1.53 bits per heavy atom. The molecule has 6 atom stereocenters. The molecule has 11 nitrogen and oxygen atoms in total. The predicted molar refractivity (Wildman–Crippen MR) is 115 cm³/mol. The molecule has 2 heterocycles. The topological polar surface area (TPSA) is 156 Å². The van der Waals surface area contributed by atoms with Gasteiger partial charge in [-0.2, -0.15) is 0 Å². The van der Waals surface area contributed by atoms with Crippen LogP contribution in [0.15, 0.2) is 29.4 Å². The second-order valence-corrected chi connectivity index (χ2v) is 10.6. The van der Waals surface area contributed by atoms with Crippen LogP contribution in [0, 0.1) is 5.41 Å². The number of carbonyl (C=O) groups is 1. The van der Waals surface area contributed by atoms with Crippen LogP contribution in [0.2, 0.25) is 0 Å². The van der Waals surface area contributed by atoms with Crippen LogP contribution in [-0.4, -0.2) is 77.4 Å². The number of nitrogens with one attached hydrogen (secondary N) is 1. The number of aliphatic hydroxyl groups is 2. The number of nitrogens with two attached hydrogens (primary N) is 1. The van der Waals surface area contributed by atoms with E-state index in [-0.39, 0.29) is 24.4 Å². The zero-order valence-electron chi connectivity index (χ0n) is 18.8. The maximum atomic E-state index is 14.0. The number of hydrogen-bond donors (Lipinski definition) is 4. The lowest BCUT2D eigenvalue weighted by Gasteiger charge is -2.33. The van der Waals surface area contributed by atoms with Gasteiger partial charge in [0.1, 0.15) is 18.0 Å². The van der Waals surface area contributed by atoms with Crippen molar-refractivity contribution in [2.75, 3.05) is 19.9 Å². The predicted octanol–water partition coefficient (Wildman–Crippen LogP) is 0.795. The molecular formula is C19H32FN4O7P. The SMILES string of the molecule is C=C1N=C(N)C(F)=CN1[C@@H]1O[C@H](COP(C)(=O)N[C@@H](C)C(=O)OC(C)C)[C@@](C)(CO)C1O. The number of rotatable bonds is 9. The van der Waals surface area contributed by atoms with Crippen molar-refractivity contribution in [2.45, 2.75) is 58.3 Å². The zero-order chi connectivity index (χ0) is 24.4. The zero-order valence-corrected chi connectivity index (χ0v) is 19.7. The second-order valence-electron chi connectivity index (χ2n) is 8.40. The molecule has 2 aliphatic heterocycles. The van der Waals surface area contributed by atoms with E-state index >= 15 is 0 Å². The molecule has 32 heavy (non-hydrogen) atoms. The maximum absolute atomic E-state index is 14.0. The van der Waals surface area contributed by atoms with E-state index in [0.717, 1.165) is 11.1 Å². The Kier molecular flexibility index (Phi) is 8.25. The number of aliphatic hydroxyl groups excluding tert-OH is 2. The number of amidine groups is 1. The molecule has 0 amide bonds. The largest absolute Gasteiger partial charge is 0.462 e. The monoisotopic (exact) mass is 478 g/mol. The smallest absolute Gasteiger partial charge is 0.323 e. The molecular weight excluding hydrogens is 446 g/mol. The standard InChI is InChI=1S/C19H32FN4O7P/c1-10(2)30-18(27)11(3)23-32(6,28)29-8-14-19(5,9-25)15(26)17(31-14)24-7-13(20)16(21)22-12(24)4/h7,10-11,14-15,17,25-26H,4,8-9H2,1-3,5-6H3,(H2,21,22)(H,23,28)/t11-,14+,15?,17+,19+,32?/m0/s1.